The summed E-state index contributed by atoms with van der Waals surface area (Å²) in [6.07, 6.45) is 1.72. The number of carboxylic acids is 2. The van der Waals surface area contributed by atoms with Gasteiger partial charge in [-0.25, -0.2) is 4.79 Å². The lowest BCUT2D eigenvalue weighted by Gasteiger charge is -2.28. The van der Waals surface area contributed by atoms with E-state index in [2.05, 4.69) is 0 Å². The van der Waals surface area contributed by atoms with Gasteiger partial charge in [0, 0.05) is 12.6 Å². The highest BCUT2D eigenvalue weighted by Gasteiger charge is 2.30. The van der Waals surface area contributed by atoms with Crippen molar-refractivity contribution in [3.8, 4) is 0 Å². The van der Waals surface area contributed by atoms with Crippen molar-refractivity contribution in [2.24, 2.45) is 0 Å². The normalized spacial score (nSPS) is 19.1. The zero-order chi connectivity index (χ0) is 13.0. The highest BCUT2D eigenvalue weighted by atomic mass is 16.4. The Morgan fingerprint density at radius 1 is 1.24 bits per heavy atom. The molecule has 0 aromatic carbocycles. The monoisotopic (exact) mass is 244 g/mol. The van der Waals surface area contributed by atoms with E-state index in [1.807, 2.05) is 6.92 Å². The molecule has 0 aliphatic carbocycles. The first-order chi connectivity index (χ1) is 7.91. The zero-order valence-electron chi connectivity index (χ0n) is 9.63. The molecule has 2 N–H and O–H groups in total. The Hall–Kier alpha value is -1.79. The van der Waals surface area contributed by atoms with Crippen molar-refractivity contribution in [2.45, 2.75) is 25.8 Å². The Bertz CT molecular complexity index is 315. The van der Waals surface area contributed by atoms with Gasteiger partial charge < -0.3 is 20.0 Å². The molecule has 0 bridgehead atoms. The molecule has 0 aromatic rings. The Morgan fingerprint density at radius 2 is 1.76 bits per heavy atom. The predicted octanol–water partition coefficient (Wildman–Crippen LogP) is 0.0619. The van der Waals surface area contributed by atoms with E-state index in [0.29, 0.717) is 6.54 Å². The van der Waals surface area contributed by atoms with Crippen LogP contribution in [0.4, 0.5) is 4.79 Å². The van der Waals surface area contributed by atoms with Crippen LogP contribution in [0.5, 0.6) is 0 Å². The molecular weight excluding hydrogens is 228 g/mol. The van der Waals surface area contributed by atoms with Gasteiger partial charge >= 0.3 is 18.0 Å². The fourth-order valence-electron chi connectivity index (χ4n) is 1.92. The van der Waals surface area contributed by atoms with Crippen molar-refractivity contribution in [3.63, 3.8) is 0 Å². The third-order valence-corrected chi connectivity index (χ3v) is 2.72. The maximum Gasteiger partial charge on any atom is 0.323 e. The summed E-state index contributed by atoms with van der Waals surface area (Å²) in [6, 6.07) is -0.479. The summed E-state index contributed by atoms with van der Waals surface area (Å²) in [5.41, 5.74) is 0. The van der Waals surface area contributed by atoms with Crippen LogP contribution < -0.4 is 0 Å². The van der Waals surface area contributed by atoms with Gasteiger partial charge in [-0.3, -0.25) is 9.59 Å². The number of hydrogen-bond donors (Lipinski definition) is 2. The summed E-state index contributed by atoms with van der Waals surface area (Å²) in [5.74, 6) is -2.43. The standard InChI is InChI=1S/C10H16N2O5/c1-7-3-2-4-12(7)10(17)11(5-8(13)14)6-9(15)16/h7H,2-6H2,1H3,(H,13,14)(H,15,16). The molecule has 0 radical (unpaired) electrons. The van der Waals surface area contributed by atoms with E-state index in [0.717, 1.165) is 17.7 Å². The Labute approximate surface area is 98.6 Å². The topological polar surface area (TPSA) is 98.2 Å². The molecule has 1 heterocycles. The smallest absolute Gasteiger partial charge is 0.323 e. The molecule has 7 nitrogen and oxygen atoms in total. The largest absolute Gasteiger partial charge is 0.480 e. The summed E-state index contributed by atoms with van der Waals surface area (Å²) >= 11 is 0. The quantitative estimate of drug-likeness (QED) is 0.728. The van der Waals surface area contributed by atoms with E-state index in [1.54, 1.807) is 0 Å². The molecule has 0 saturated carbocycles. The van der Waals surface area contributed by atoms with Gasteiger partial charge in [0.2, 0.25) is 0 Å². The summed E-state index contributed by atoms with van der Waals surface area (Å²) in [5, 5.41) is 17.3. The SMILES string of the molecule is CC1CCCN1C(=O)N(CC(=O)O)CC(=O)O. The van der Waals surface area contributed by atoms with E-state index in [1.165, 1.54) is 4.90 Å². The van der Waals surface area contributed by atoms with Gasteiger partial charge in [-0.2, -0.15) is 0 Å². The van der Waals surface area contributed by atoms with E-state index in [4.69, 9.17) is 10.2 Å². The molecule has 17 heavy (non-hydrogen) atoms. The van der Waals surface area contributed by atoms with Crippen LogP contribution in [0, 0.1) is 0 Å². The average Bonchev–Trinajstić information content (AvgIpc) is 2.61. The molecule has 1 aliphatic heterocycles. The number of carbonyl (C=O) groups excluding carboxylic acids is 1. The first kappa shape index (κ1) is 13.3. The number of carboxylic acid groups (broad SMARTS) is 2. The van der Waals surface area contributed by atoms with E-state index < -0.39 is 31.1 Å². The van der Waals surface area contributed by atoms with E-state index >= 15 is 0 Å². The molecule has 1 aliphatic rings. The van der Waals surface area contributed by atoms with Gasteiger partial charge in [0.1, 0.15) is 13.1 Å². The van der Waals surface area contributed by atoms with E-state index in [-0.39, 0.29) is 6.04 Å². The number of amides is 2. The number of urea groups is 1. The summed E-state index contributed by atoms with van der Waals surface area (Å²) in [4.78, 5) is 35.5. The summed E-state index contributed by atoms with van der Waals surface area (Å²) in [7, 11) is 0. The molecule has 0 spiro atoms. The van der Waals surface area contributed by atoms with Crippen LogP contribution in [0.1, 0.15) is 19.8 Å². The van der Waals surface area contributed by atoms with Gasteiger partial charge in [-0.15, -0.1) is 0 Å². The Kier molecular flexibility index (Phi) is 4.30. The van der Waals surface area contributed by atoms with Crippen LogP contribution in [-0.4, -0.2) is 63.7 Å². The summed E-state index contributed by atoms with van der Waals surface area (Å²) < 4.78 is 0. The fraction of sp³-hybridized carbons (Fsp3) is 0.700. The Morgan fingerprint density at radius 3 is 2.12 bits per heavy atom. The van der Waals surface area contributed by atoms with Crippen LogP contribution >= 0.6 is 0 Å². The molecule has 0 aromatic heterocycles. The number of nitrogens with zero attached hydrogens (tertiary/aromatic N) is 2. The van der Waals surface area contributed by atoms with Crippen molar-refractivity contribution in [2.75, 3.05) is 19.6 Å². The molecule has 1 fully saturated rings. The molecule has 1 saturated heterocycles. The molecule has 7 heteroatoms. The van der Waals surface area contributed by atoms with Gasteiger partial charge in [0.15, 0.2) is 0 Å². The van der Waals surface area contributed by atoms with E-state index in [9.17, 15) is 14.4 Å². The van der Waals surface area contributed by atoms with Gasteiger partial charge in [0.25, 0.3) is 0 Å². The number of aliphatic carboxylic acids is 2. The van der Waals surface area contributed by atoms with Crippen LogP contribution in [-0.2, 0) is 9.59 Å². The second-order valence-corrected chi connectivity index (χ2v) is 4.11. The van der Waals surface area contributed by atoms with Crippen molar-refractivity contribution in [3.05, 3.63) is 0 Å². The van der Waals surface area contributed by atoms with Crippen molar-refractivity contribution >= 4 is 18.0 Å². The number of carbonyl (C=O) groups is 3. The maximum absolute atomic E-state index is 12.0. The minimum Gasteiger partial charge on any atom is -0.480 e. The van der Waals surface area contributed by atoms with Crippen molar-refractivity contribution < 1.29 is 24.6 Å². The average molecular weight is 244 g/mol. The highest BCUT2D eigenvalue weighted by molar-refractivity contribution is 5.84. The molecule has 96 valence electrons. The van der Waals surface area contributed by atoms with Crippen LogP contribution in [0.25, 0.3) is 0 Å². The Balaban J connectivity index is 2.70. The lowest BCUT2D eigenvalue weighted by molar-refractivity contribution is -0.140. The number of hydrogen-bond acceptors (Lipinski definition) is 3. The van der Waals surface area contributed by atoms with Gasteiger partial charge in [-0.1, -0.05) is 0 Å². The zero-order valence-corrected chi connectivity index (χ0v) is 9.63. The second kappa shape index (κ2) is 5.51. The second-order valence-electron chi connectivity index (χ2n) is 4.11. The van der Waals surface area contributed by atoms with Crippen LogP contribution in [0.3, 0.4) is 0 Å². The third-order valence-electron chi connectivity index (χ3n) is 2.72. The number of likely N-dealkylation sites (tertiary alicyclic amines) is 1. The minimum absolute atomic E-state index is 0.0348. The first-order valence-electron chi connectivity index (χ1n) is 5.41. The number of rotatable bonds is 4. The van der Waals surface area contributed by atoms with Crippen LogP contribution in [0.15, 0.2) is 0 Å². The molecule has 1 atom stereocenters. The summed E-state index contributed by atoms with van der Waals surface area (Å²) in [6.45, 7) is 1.24. The fourth-order valence-corrected chi connectivity index (χ4v) is 1.92. The molecule has 1 rings (SSSR count). The van der Waals surface area contributed by atoms with Crippen LogP contribution in [0.2, 0.25) is 0 Å². The lowest BCUT2D eigenvalue weighted by atomic mass is 10.2. The third kappa shape index (κ3) is 3.61. The van der Waals surface area contributed by atoms with Crippen molar-refractivity contribution in [1.82, 2.24) is 9.80 Å². The maximum atomic E-state index is 12.0. The first-order valence-corrected chi connectivity index (χ1v) is 5.41. The molecule has 2 amide bonds. The predicted molar refractivity (Wildman–Crippen MR) is 57.6 cm³/mol. The van der Waals surface area contributed by atoms with Crippen molar-refractivity contribution in [1.29, 1.82) is 0 Å². The highest BCUT2D eigenvalue weighted by Crippen LogP contribution is 2.18. The molecule has 1 unspecified atom stereocenters. The van der Waals surface area contributed by atoms with Gasteiger partial charge in [-0.05, 0) is 19.8 Å². The molecular formula is C10H16N2O5. The van der Waals surface area contributed by atoms with Gasteiger partial charge in [0.05, 0.1) is 0 Å². The minimum atomic E-state index is -1.22. The lowest BCUT2D eigenvalue weighted by Crippen LogP contribution is -2.48.